The summed E-state index contributed by atoms with van der Waals surface area (Å²) >= 11 is 0. The van der Waals surface area contributed by atoms with Crippen LogP contribution in [0.5, 0.6) is 11.5 Å². The van der Waals surface area contributed by atoms with Crippen LogP contribution in [0.15, 0.2) is 42.6 Å². The number of hydrogen-bond donors (Lipinski definition) is 0. The molecule has 7 nitrogen and oxygen atoms in total. The van der Waals surface area contributed by atoms with Crippen LogP contribution in [0.4, 0.5) is 0 Å². The van der Waals surface area contributed by atoms with Crippen LogP contribution in [0.25, 0.3) is 5.65 Å². The van der Waals surface area contributed by atoms with Gasteiger partial charge in [-0.25, -0.2) is 14.3 Å². The second kappa shape index (κ2) is 6.35. The zero-order valence-corrected chi connectivity index (χ0v) is 12.7. The molecule has 7 heteroatoms. The summed E-state index contributed by atoms with van der Waals surface area (Å²) in [6.07, 6.45) is 1.66. The summed E-state index contributed by atoms with van der Waals surface area (Å²) in [5, 5.41) is 4.29. The summed E-state index contributed by atoms with van der Waals surface area (Å²) in [6.45, 7) is 0.211. The zero-order valence-electron chi connectivity index (χ0n) is 12.7. The molecule has 2 heterocycles. The first-order valence-corrected chi connectivity index (χ1v) is 6.90. The number of benzene rings is 1. The van der Waals surface area contributed by atoms with Crippen LogP contribution in [0, 0.1) is 0 Å². The number of hydrogen-bond acceptors (Lipinski definition) is 6. The summed E-state index contributed by atoms with van der Waals surface area (Å²) < 4.78 is 17.1. The van der Waals surface area contributed by atoms with Gasteiger partial charge in [-0.1, -0.05) is 6.07 Å². The molecule has 1 aromatic carbocycles. The van der Waals surface area contributed by atoms with E-state index in [1.54, 1.807) is 36.0 Å². The molecule has 0 atom stereocenters. The van der Waals surface area contributed by atoms with E-state index in [4.69, 9.17) is 9.47 Å². The van der Waals surface area contributed by atoms with Gasteiger partial charge in [-0.2, -0.15) is 0 Å². The lowest BCUT2D eigenvalue weighted by Crippen LogP contribution is -2.02. The maximum Gasteiger partial charge on any atom is 0.338 e. The highest BCUT2D eigenvalue weighted by atomic mass is 16.5. The average molecular weight is 313 g/mol. The zero-order chi connectivity index (χ0) is 16.2. The lowest BCUT2D eigenvalue weighted by molar-refractivity contribution is 0.0600. The van der Waals surface area contributed by atoms with Crippen molar-refractivity contribution in [3.05, 3.63) is 54.0 Å². The number of nitrogens with zero attached hydrogens (tertiary/aromatic N) is 3. The van der Waals surface area contributed by atoms with E-state index in [0.29, 0.717) is 28.5 Å². The minimum absolute atomic E-state index is 0.211. The van der Waals surface area contributed by atoms with Crippen LogP contribution in [0.3, 0.4) is 0 Å². The topological polar surface area (TPSA) is 75.0 Å². The van der Waals surface area contributed by atoms with Gasteiger partial charge in [0.15, 0.2) is 11.5 Å². The number of carbonyl (C=O) groups is 1. The third-order valence-electron chi connectivity index (χ3n) is 3.21. The number of methoxy groups -OCH3 is 2. The van der Waals surface area contributed by atoms with Gasteiger partial charge >= 0.3 is 5.97 Å². The van der Waals surface area contributed by atoms with Gasteiger partial charge in [-0.05, 0) is 24.3 Å². The number of rotatable bonds is 5. The fourth-order valence-corrected chi connectivity index (χ4v) is 2.07. The predicted molar refractivity (Wildman–Crippen MR) is 81.7 cm³/mol. The molecule has 0 fully saturated rings. The molecule has 118 valence electrons. The maximum atomic E-state index is 11.5. The Hall–Kier alpha value is -3.09. The Balaban J connectivity index is 1.76. The molecule has 3 rings (SSSR count). The fraction of sp³-hybridized carbons (Fsp3) is 0.188. The van der Waals surface area contributed by atoms with Gasteiger partial charge in [-0.15, -0.1) is 5.10 Å². The Morgan fingerprint density at radius 3 is 2.78 bits per heavy atom. The Labute approximate surface area is 132 Å². The quantitative estimate of drug-likeness (QED) is 0.672. The van der Waals surface area contributed by atoms with Crippen molar-refractivity contribution in [2.24, 2.45) is 0 Å². The fourth-order valence-electron chi connectivity index (χ4n) is 2.07. The number of carbonyl (C=O) groups excluding carboxylic acids is 1. The molecule has 0 saturated carbocycles. The maximum absolute atomic E-state index is 11.5. The van der Waals surface area contributed by atoms with Gasteiger partial charge < -0.3 is 14.2 Å². The Bertz CT molecular complexity index is 844. The van der Waals surface area contributed by atoms with E-state index in [9.17, 15) is 4.79 Å². The van der Waals surface area contributed by atoms with Gasteiger partial charge in [0.25, 0.3) is 0 Å². The van der Waals surface area contributed by atoms with Crippen LogP contribution in [0.1, 0.15) is 16.2 Å². The molecule has 0 aliphatic carbocycles. The molecule has 0 aliphatic rings. The van der Waals surface area contributed by atoms with Crippen molar-refractivity contribution in [1.82, 2.24) is 14.6 Å². The first-order chi connectivity index (χ1) is 11.2. The molecule has 0 aliphatic heterocycles. The summed E-state index contributed by atoms with van der Waals surface area (Å²) in [7, 11) is 2.94. The molecule has 0 unspecified atom stereocenters. The Kier molecular flexibility index (Phi) is 4.09. The third-order valence-corrected chi connectivity index (χ3v) is 3.21. The number of fused-ring (bicyclic) bond motifs is 1. The molecule has 23 heavy (non-hydrogen) atoms. The van der Waals surface area contributed by atoms with Gasteiger partial charge in [0.2, 0.25) is 0 Å². The normalized spacial score (nSPS) is 10.5. The third kappa shape index (κ3) is 3.23. The van der Waals surface area contributed by atoms with E-state index in [0.717, 1.165) is 0 Å². The van der Waals surface area contributed by atoms with Crippen LogP contribution in [-0.2, 0) is 11.3 Å². The van der Waals surface area contributed by atoms with Crippen LogP contribution in [0.2, 0.25) is 0 Å². The molecular weight excluding hydrogens is 298 g/mol. The molecule has 0 radical (unpaired) electrons. The van der Waals surface area contributed by atoms with Crippen molar-refractivity contribution in [2.75, 3.05) is 14.2 Å². The van der Waals surface area contributed by atoms with Crippen LogP contribution < -0.4 is 9.47 Å². The van der Waals surface area contributed by atoms with Crippen LogP contribution >= 0.6 is 0 Å². The van der Waals surface area contributed by atoms with Gasteiger partial charge in [0.1, 0.15) is 18.1 Å². The largest absolute Gasteiger partial charge is 0.497 e. The van der Waals surface area contributed by atoms with E-state index in [2.05, 4.69) is 14.8 Å². The van der Waals surface area contributed by atoms with Crippen LogP contribution in [-0.4, -0.2) is 34.8 Å². The molecule has 2 aromatic heterocycles. The number of pyridine rings is 1. The highest BCUT2D eigenvalue weighted by Crippen LogP contribution is 2.19. The van der Waals surface area contributed by atoms with E-state index in [1.165, 1.54) is 7.11 Å². The standard InChI is InChI=1S/C16H15N3O4/c1-21-12-4-3-5-13(9-12)23-10-14-17-15-8-11(16(20)22-2)6-7-19(15)18-14/h3-9H,10H2,1-2H3. The number of ether oxygens (including phenoxy) is 3. The van der Waals surface area contributed by atoms with E-state index >= 15 is 0 Å². The van der Waals surface area contributed by atoms with Crippen molar-refractivity contribution < 1.29 is 19.0 Å². The SMILES string of the molecule is COC(=O)c1ccn2nc(COc3cccc(OC)c3)nc2c1. The highest BCUT2D eigenvalue weighted by molar-refractivity contribution is 5.90. The smallest absolute Gasteiger partial charge is 0.338 e. The molecule has 0 saturated heterocycles. The van der Waals surface area contributed by atoms with Crippen molar-refractivity contribution >= 4 is 11.6 Å². The van der Waals surface area contributed by atoms with Gasteiger partial charge in [-0.3, -0.25) is 0 Å². The van der Waals surface area contributed by atoms with Gasteiger partial charge in [0, 0.05) is 12.3 Å². The van der Waals surface area contributed by atoms with Crippen molar-refractivity contribution in [3.8, 4) is 11.5 Å². The summed E-state index contributed by atoms with van der Waals surface area (Å²) in [6, 6.07) is 10.5. The second-order valence-corrected chi connectivity index (χ2v) is 4.71. The number of aromatic nitrogens is 3. The lowest BCUT2D eigenvalue weighted by atomic mass is 10.3. The summed E-state index contributed by atoms with van der Waals surface area (Å²) in [4.78, 5) is 15.9. The average Bonchev–Trinajstić information content (AvgIpc) is 3.01. The first kappa shape index (κ1) is 14.8. The van der Waals surface area contributed by atoms with E-state index in [1.807, 2.05) is 18.2 Å². The Morgan fingerprint density at radius 1 is 1.17 bits per heavy atom. The predicted octanol–water partition coefficient (Wildman–Crippen LogP) is 2.10. The summed E-state index contributed by atoms with van der Waals surface area (Å²) in [5.74, 6) is 1.48. The van der Waals surface area contributed by atoms with Crippen molar-refractivity contribution in [3.63, 3.8) is 0 Å². The molecule has 0 spiro atoms. The number of esters is 1. The Morgan fingerprint density at radius 2 is 2.00 bits per heavy atom. The van der Waals surface area contributed by atoms with Crippen molar-refractivity contribution in [1.29, 1.82) is 0 Å². The lowest BCUT2D eigenvalue weighted by Gasteiger charge is -2.05. The van der Waals surface area contributed by atoms with Gasteiger partial charge in [0.05, 0.1) is 19.8 Å². The molecule has 0 N–H and O–H groups in total. The molecule has 3 aromatic rings. The van der Waals surface area contributed by atoms with Crippen molar-refractivity contribution in [2.45, 2.75) is 6.61 Å². The second-order valence-electron chi connectivity index (χ2n) is 4.71. The molecule has 0 bridgehead atoms. The van der Waals surface area contributed by atoms with E-state index in [-0.39, 0.29) is 6.61 Å². The summed E-state index contributed by atoms with van der Waals surface area (Å²) in [5.41, 5.74) is 0.977. The minimum Gasteiger partial charge on any atom is -0.497 e. The highest BCUT2D eigenvalue weighted by Gasteiger charge is 2.10. The molecular formula is C16H15N3O4. The monoisotopic (exact) mass is 313 g/mol. The van der Waals surface area contributed by atoms with E-state index < -0.39 is 5.97 Å². The first-order valence-electron chi connectivity index (χ1n) is 6.90. The molecule has 0 amide bonds. The minimum atomic E-state index is -0.412.